The third-order valence-corrected chi connectivity index (χ3v) is 6.92. The fraction of sp³-hybridized carbons (Fsp3) is 0.176. The van der Waals surface area contributed by atoms with Gasteiger partial charge in [-0.05, 0) is 41.8 Å². The predicted molar refractivity (Wildman–Crippen MR) is 98.5 cm³/mol. The zero-order valence-electron chi connectivity index (χ0n) is 13.4. The van der Waals surface area contributed by atoms with Crippen molar-refractivity contribution in [2.75, 3.05) is 0 Å². The van der Waals surface area contributed by atoms with Gasteiger partial charge in [0.2, 0.25) is 10.0 Å². The van der Waals surface area contributed by atoms with Crippen molar-refractivity contribution in [3.05, 3.63) is 79.7 Å². The molecule has 0 amide bonds. The van der Waals surface area contributed by atoms with Crippen molar-refractivity contribution in [1.29, 1.82) is 0 Å². The minimum absolute atomic E-state index is 0.0150. The molecule has 3 rings (SSSR count). The molecule has 0 aliphatic heterocycles. The van der Waals surface area contributed by atoms with Gasteiger partial charge in [-0.2, -0.15) is 0 Å². The second-order valence-electron chi connectivity index (χ2n) is 5.54. The Labute approximate surface area is 157 Å². The molecule has 0 saturated carbocycles. The molecule has 138 valence electrons. The highest BCUT2D eigenvalue weighted by molar-refractivity contribution is 7.88. The van der Waals surface area contributed by atoms with Crippen LogP contribution in [0.2, 0.25) is 0 Å². The molecule has 0 fully saturated rings. The van der Waals surface area contributed by atoms with E-state index in [-0.39, 0.29) is 12.1 Å². The smallest absolute Gasteiger partial charge is 0.216 e. The predicted octanol–water partition coefficient (Wildman–Crippen LogP) is 3.79. The first kappa shape index (κ1) is 19.1. The minimum atomic E-state index is -3.84. The van der Waals surface area contributed by atoms with Crippen molar-refractivity contribution < 1.29 is 22.3 Å². The van der Waals surface area contributed by atoms with Gasteiger partial charge < -0.3 is 5.11 Å². The van der Waals surface area contributed by atoms with Crippen LogP contribution in [0.25, 0.3) is 0 Å². The summed E-state index contributed by atoms with van der Waals surface area (Å²) in [4.78, 5) is 2.22. The van der Waals surface area contributed by atoms with E-state index in [1.165, 1.54) is 22.7 Å². The highest BCUT2D eigenvalue weighted by Crippen LogP contribution is 2.31. The van der Waals surface area contributed by atoms with Crippen LogP contribution < -0.4 is 4.72 Å². The lowest BCUT2D eigenvalue weighted by Gasteiger charge is -2.07. The number of hydrogen-bond donors (Lipinski definition) is 2. The molecule has 0 spiro atoms. The molecule has 0 saturated heterocycles. The minimum Gasteiger partial charge on any atom is -0.382 e. The summed E-state index contributed by atoms with van der Waals surface area (Å²) in [5, 5.41) is 12.1. The van der Waals surface area contributed by atoms with Gasteiger partial charge in [-0.1, -0.05) is 6.07 Å². The van der Waals surface area contributed by atoms with Crippen LogP contribution in [-0.4, -0.2) is 13.5 Å². The summed E-state index contributed by atoms with van der Waals surface area (Å²) in [6.07, 6.45) is -0.744. The first-order valence-electron chi connectivity index (χ1n) is 7.55. The number of aliphatic hydroxyl groups excluding tert-OH is 1. The summed E-state index contributed by atoms with van der Waals surface area (Å²) < 4.78 is 53.4. The molecule has 9 heteroatoms. The Morgan fingerprint density at radius 3 is 2.65 bits per heavy atom. The van der Waals surface area contributed by atoms with Gasteiger partial charge in [-0.25, -0.2) is 21.9 Å². The molecule has 4 nitrogen and oxygen atoms in total. The molecule has 2 heterocycles. The fourth-order valence-electron chi connectivity index (χ4n) is 2.31. The largest absolute Gasteiger partial charge is 0.382 e. The monoisotopic (exact) mass is 415 g/mol. The van der Waals surface area contributed by atoms with Crippen LogP contribution in [0, 0.1) is 11.6 Å². The van der Waals surface area contributed by atoms with Crippen molar-refractivity contribution in [1.82, 2.24) is 4.72 Å². The van der Waals surface area contributed by atoms with Crippen LogP contribution in [0.15, 0.2) is 47.8 Å². The Morgan fingerprint density at radius 1 is 1.12 bits per heavy atom. The van der Waals surface area contributed by atoms with Crippen molar-refractivity contribution in [2.45, 2.75) is 18.4 Å². The second kappa shape index (κ2) is 7.93. The lowest BCUT2D eigenvalue weighted by atomic mass is 10.2. The summed E-state index contributed by atoms with van der Waals surface area (Å²) in [6, 6.07) is 9.84. The van der Waals surface area contributed by atoms with E-state index in [2.05, 4.69) is 4.72 Å². The number of nitrogens with one attached hydrogen (secondary N) is 1. The van der Waals surface area contributed by atoms with Gasteiger partial charge in [0.15, 0.2) is 0 Å². The molecule has 1 unspecified atom stereocenters. The average Bonchev–Trinajstić information content (AvgIpc) is 3.27. The normalized spacial score (nSPS) is 13.0. The van der Waals surface area contributed by atoms with Crippen LogP contribution in [0.4, 0.5) is 8.78 Å². The Bertz CT molecular complexity index is 985. The third-order valence-electron chi connectivity index (χ3n) is 3.58. The molecule has 2 aromatic heterocycles. The molecule has 1 atom stereocenters. The number of sulfonamides is 1. The molecule has 0 aliphatic rings. The average molecular weight is 416 g/mol. The van der Waals surface area contributed by atoms with Gasteiger partial charge >= 0.3 is 0 Å². The van der Waals surface area contributed by atoms with Crippen LogP contribution in [0.1, 0.15) is 26.3 Å². The van der Waals surface area contributed by atoms with E-state index < -0.39 is 33.5 Å². The van der Waals surface area contributed by atoms with Gasteiger partial charge in [0.05, 0.1) is 5.75 Å². The van der Waals surface area contributed by atoms with Crippen molar-refractivity contribution in [3.63, 3.8) is 0 Å². The molecule has 0 radical (unpaired) electrons. The summed E-state index contributed by atoms with van der Waals surface area (Å²) in [6.45, 7) is 0.0150. The maximum Gasteiger partial charge on any atom is 0.216 e. The Morgan fingerprint density at radius 2 is 1.92 bits per heavy atom. The SMILES string of the molecule is O=S(=O)(Cc1cc(F)ccc1F)NCc1ccc(C(O)c2cccs2)s1. The van der Waals surface area contributed by atoms with Crippen LogP contribution in [0.5, 0.6) is 0 Å². The standard InChI is InChI=1S/C17H15F2NO3S3/c18-12-3-5-14(19)11(8-12)10-26(22,23)20-9-13-4-6-16(25-13)17(21)15-2-1-7-24-15/h1-8,17,20-21H,9-10H2. The second-order valence-corrected chi connectivity index (χ2v) is 9.52. The Balaban J connectivity index is 1.64. The first-order valence-corrected chi connectivity index (χ1v) is 10.9. The fourth-order valence-corrected chi connectivity index (χ4v) is 5.27. The quantitative estimate of drug-likeness (QED) is 0.617. The first-order chi connectivity index (χ1) is 12.3. The van der Waals surface area contributed by atoms with E-state index >= 15 is 0 Å². The Hall–Kier alpha value is -1.65. The summed E-state index contributed by atoms with van der Waals surface area (Å²) in [5.41, 5.74) is -0.225. The summed E-state index contributed by atoms with van der Waals surface area (Å²) in [7, 11) is -3.84. The molecule has 2 N–H and O–H groups in total. The highest BCUT2D eigenvalue weighted by Gasteiger charge is 2.17. The molecular formula is C17H15F2NO3S3. The van der Waals surface area contributed by atoms with Crippen LogP contribution in [0.3, 0.4) is 0 Å². The number of aliphatic hydroxyl groups is 1. The molecule has 0 bridgehead atoms. The van der Waals surface area contributed by atoms with Gasteiger partial charge in [0.1, 0.15) is 17.7 Å². The van der Waals surface area contributed by atoms with Gasteiger partial charge in [-0.15, -0.1) is 22.7 Å². The molecule has 0 aliphatic carbocycles. The topological polar surface area (TPSA) is 66.4 Å². The zero-order valence-corrected chi connectivity index (χ0v) is 15.8. The van der Waals surface area contributed by atoms with E-state index in [0.717, 1.165) is 23.1 Å². The van der Waals surface area contributed by atoms with Gasteiger partial charge in [0, 0.05) is 26.7 Å². The number of benzene rings is 1. The zero-order chi connectivity index (χ0) is 18.7. The van der Waals surface area contributed by atoms with E-state index in [4.69, 9.17) is 0 Å². The lowest BCUT2D eigenvalue weighted by molar-refractivity contribution is 0.228. The Kier molecular flexibility index (Phi) is 5.83. The number of hydrogen-bond acceptors (Lipinski definition) is 5. The van der Waals surface area contributed by atoms with Gasteiger partial charge in [0.25, 0.3) is 0 Å². The van der Waals surface area contributed by atoms with Crippen LogP contribution >= 0.6 is 22.7 Å². The van der Waals surface area contributed by atoms with E-state index in [0.29, 0.717) is 9.75 Å². The molecule has 26 heavy (non-hydrogen) atoms. The summed E-state index contributed by atoms with van der Waals surface area (Å²) in [5.74, 6) is -2.11. The highest BCUT2D eigenvalue weighted by atomic mass is 32.2. The van der Waals surface area contributed by atoms with E-state index in [1.807, 2.05) is 17.5 Å². The maximum absolute atomic E-state index is 13.6. The maximum atomic E-state index is 13.6. The van der Waals surface area contributed by atoms with Crippen molar-refractivity contribution in [2.24, 2.45) is 0 Å². The summed E-state index contributed by atoms with van der Waals surface area (Å²) >= 11 is 2.72. The number of halogens is 2. The lowest BCUT2D eigenvalue weighted by Crippen LogP contribution is -2.24. The van der Waals surface area contributed by atoms with Crippen molar-refractivity contribution in [3.8, 4) is 0 Å². The van der Waals surface area contributed by atoms with E-state index in [9.17, 15) is 22.3 Å². The van der Waals surface area contributed by atoms with E-state index in [1.54, 1.807) is 12.1 Å². The number of thiophene rings is 2. The van der Waals surface area contributed by atoms with Gasteiger partial charge in [-0.3, -0.25) is 0 Å². The molecule has 3 aromatic rings. The molecule has 1 aromatic carbocycles. The van der Waals surface area contributed by atoms with Crippen molar-refractivity contribution >= 4 is 32.7 Å². The number of rotatable bonds is 7. The molecular weight excluding hydrogens is 400 g/mol. The van der Waals surface area contributed by atoms with Crippen LogP contribution in [-0.2, 0) is 22.3 Å². The third kappa shape index (κ3) is 4.74.